The number of rotatable bonds is 3. The Balaban J connectivity index is 1.81. The van der Waals surface area contributed by atoms with Crippen LogP contribution in [-0.4, -0.2) is 22.0 Å². The second-order valence-electron chi connectivity index (χ2n) is 5.75. The number of amidine groups is 1. The van der Waals surface area contributed by atoms with Gasteiger partial charge in [-0.05, 0) is 36.7 Å². The van der Waals surface area contributed by atoms with Crippen LogP contribution in [0.15, 0.2) is 28.1 Å². The number of nitrogens with zero attached hydrogens (tertiary/aromatic N) is 2. The number of aliphatic imine (C=N–C) groups is 1. The molecule has 1 saturated heterocycles. The van der Waals surface area contributed by atoms with Gasteiger partial charge in [0.05, 0.1) is 15.9 Å². The lowest BCUT2D eigenvalue weighted by molar-refractivity contribution is -0.384. The lowest BCUT2D eigenvalue weighted by atomic mass is 9.96. The summed E-state index contributed by atoms with van der Waals surface area (Å²) < 4.78 is 0. The Morgan fingerprint density at radius 2 is 2.08 bits per heavy atom. The van der Waals surface area contributed by atoms with Gasteiger partial charge in [0.2, 0.25) is 0 Å². The van der Waals surface area contributed by atoms with E-state index in [1.165, 1.54) is 49.2 Å². The molecule has 1 amide bonds. The highest BCUT2D eigenvalue weighted by atomic mass is 35.5. The van der Waals surface area contributed by atoms with E-state index in [4.69, 9.17) is 11.6 Å². The highest BCUT2D eigenvalue weighted by Crippen LogP contribution is 2.31. The summed E-state index contributed by atoms with van der Waals surface area (Å²) >= 11 is 7.33. The minimum absolute atomic E-state index is 0.0641. The predicted molar refractivity (Wildman–Crippen MR) is 96.1 cm³/mol. The average molecular weight is 366 g/mol. The first kappa shape index (κ1) is 17.0. The predicted octanol–water partition coefficient (Wildman–Crippen LogP) is 4.14. The summed E-state index contributed by atoms with van der Waals surface area (Å²) in [6.45, 7) is 0. The van der Waals surface area contributed by atoms with Gasteiger partial charge < -0.3 is 5.32 Å². The molecule has 8 heteroatoms. The number of carbonyl (C=O) groups excluding carboxylic acids is 1. The molecule has 1 N–H and O–H groups in total. The van der Waals surface area contributed by atoms with Crippen molar-refractivity contribution in [3.63, 3.8) is 0 Å². The van der Waals surface area contributed by atoms with Crippen molar-refractivity contribution in [2.45, 2.75) is 38.1 Å². The standard InChI is InChI=1S/C16H16ClN3O3S/c17-13-7-6-12(20(22)23)8-10(13)9-14-15(21)19-16(24-14)18-11-4-2-1-3-5-11/h6-9,11H,1-5H2,(H,18,19,21)/b14-9-. The van der Waals surface area contributed by atoms with Crippen LogP contribution in [0, 0.1) is 10.1 Å². The van der Waals surface area contributed by atoms with E-state index < -0.39 is 4.92 Å². The van der Waals surface area contributed by atoms with Gasteiger partial charge in [-0.2, -0.15) is 0 Å². The molecule has 6 nitrogen and oxygen atoms in total. The van der Waals surface area contributed by atoms with Crippen molar-refractivity contribution in [1.82, 2.24) is 5.32 Å². The van der Waals surface area contributed by atoms with Crippen LogP contribution in [0.1, 0.15) is 37.7 Å². The SMILES string of the molecule is O=C1NC(=NC2CCCCC2)S/C1=C\c1cc([N+](=O)[O-])ccc1Cl. The number of halogens is 1. The van der Waals surface area contributed by atoms with Crippen LogP contribution < -0.4 is 5.32 Å². The van der Waals surface area contributed by atoms with E-state index in [0.717, 1.165) is 12.8 Å². The zero-order chi connectivity index (χ0) is 17.1. The number of amides is 1. The maximum absolute atomic E-state index is 12.1. The Morgan fingerprint density at radius 1 is 1.33 bits per heavy atom. The van der Waals surface area contributed by atoms with Crippen LogP contribution >= 0.6 is 23.4 Å². The molecule has 1 heterocycles. The summed E-state index contributed by atoms with van der Waals surface area (Å²) in [4.78, 5) is 27.5. The molecule has 0 radical (unpaired) electrons. The Bertz CT molecular complexity index is 742. The number of hydrogen-bond acceptors (Lipinski definition) is 5. The fourth-order valence-electron chi connectivity index (χ4n) is 2.76. The number of benzene rings is 1. The van der Waals surface area contributed by atoms with Crippen LogP contribution in [0.25, 0.3) is 6.08 Å². The van der Waals surface area contributed by atoms with E-state index in [-0.39, 0.29) is 17.6 Å². The topological polar surface area (TPSA) is 84.6 Å². The van der Waals surface area contributed by atoms with Crippen molar-refractivity contribution in [1.29, 1.82) is 0 Å². The number of non-ortho nitro benzene ring substituents is 1. The first-order valence-corrected chi connectivity index (χ1v) is 8.95. The maximum atomic E-state index is 12.1. The van der Waals surface area contributed by atoms with E-state index in [2.05, 4.69) is 10.3 Å². The van der Waals surface area contributed by atoms with Gasteiger partial charge in [-0.1, -0.05) is 30.9 Å². The first-order chi connectivity index (χ1) is 11.5. The van der Waals surface area contributed by atoms with Crippen molar-refractivity contribution in [2.24, 2.45) is 4.99 Å². The zero-order valence-corrected chi connectivity index (χ0v) is 14.4. The van der Waals surface area contributed by atoms with E-state index in [9.17, 15) is 14.9 Å². The van der Waals surface area contributed by atoms with Crippen molar-refractivity contribution in [3.05, 3.63) is 43.8 Å². The molecule has 2 fully saturated rings. The third-order valence-corrected chi connectivity index (χ3v) is 5.27. The molecule has 0 atom stereocenters. The van der Waals surface area contributed by atoms with Gasteiger partial charge in [0.25, 0.3) is 11.6 Å². The number of hydrogen-bond donors (Lipinski definition) is 1. The summed E-state index contributed by atoms with van der Waals surface area (Å²) in [5.74, 6) is -0.253. The molecule has 126 valence electrons. The average Bonchev–Trinajstić information content (AvgIpc) is 2.89. The summed E-state index contributed by atoms with van der Waals surface area (Å²) in [5.41, 5.74) is 0.383. The summed E-state index contributed by atoms with van der Waals surface area (Å²) in [6.07, 6.45) is 7.26. The third kappa shape index (κ3) is 3.96. The van der Waals surface area contributed by atoms with Crippen molar-refractivity contribution in [3.8, 4) is 0 Å². The molecule has 0 bridgehead atoms. The molecule has 0 unspecified atom stereocenters. The molecule has 1 aromatic rings. The molecule has 24 heavy (non-hydrogen) atoms. The molecule has 1 aliphatic carbocycles. The van der Waals surface area contributed by atoms with Crippen LogP contribution in [0.5, 0.6) is 0 Å². The number of carbonyl (C=O) groups is 1. The molecule has 0 aromatic heterocycles. The normalized spacial score (nSPS) is 22.1. The quantitative estimate of drug-likeness (QED) is 0.495. The van der Waals surface area contributed by atoms with Crippen LogP contribution in [0.4, 0.5) is 5.69 Å². The van der Waals surface area contributed by atoms with Crippen LogP contribution in [0.3, 0.4) is 0 Å². The highest BCUT2D eigenvalue weighted by molar-refractivity contribution is 8.18. The number of nitrogens with one attached hydrogen (secondary N) is 1. The van der Waals surface area contributed by atoms with Gasteiger partial charge in [0.1, 0.15) is 0 Å². The van der Waals surface area contributed by atoms with Gasteiger partial charge in [0, 0.05) is 22.7 Å². The third-order valence-electron chi connectivity index (χ3n) is 4.00. The second-order valence-corrected chi connectivity index (χ2v) is 7.19. The lowest BCUT2D eigenvalue weighted by Crippen LogP contribution is -2.22. The fourth-order valence-corrected chi connectivity index (χ4v) is 3.82. The van der Waals surface area contributed by atoms with Crippen LogP contribution in [0.2, 0.25) is 5.02 Å². The molecular formula is C16H16ClN3O3S. The maximum Gasteiger partial charge on any atom is 0.270 e. The molecule has 2 aliphatic rings. The summed E-state index contributed by atoms with van der Waals surface area (Å²) in [5, 5.41) is 14.6. The number of nitro groups is 1. The first-order valence-electron chi connectivity index (χ1n) is 7.75. The highest BCUT2D eigenvalue weighted by Gasteiger charge is 2.25. The van der Waals surface area contributed by atoms with Crippen molar-refractivity contribution in [2.75, 3.05) is 0 Å². The fraction of sp³-hybridized carbons (Fsp3) is 0.375. The molecular weight excluding hydrogens is 350 g/mol. The van der Waals surface area contributed by atoms with E-state index in [1.807, 2.05) is 0 Å². The minimum Gasteiger partial charge on any atom is -0.301 e. The van der Waals surface area contributed by atoms with Crippen LogP contribution in [-0.2, 0) is 4.79 Å². The van der Waals surface area contributed by atoms with E-state index >= 15 is 0 Å². The number of thioether (sulfide) groups is 1. The largest absolute Gasteiger partial charge is 0.301 e. The second kappa shape index (κ2) is 7.36. The minimum atomic E-state index is -0.490. The molecule has 3 rings (SSSR count). The lowest BCUT2D eigenvalue weighted by Gasteiger charge is -2.17. The Labute approximate surface area is 148 Å². The number of nitro benzene ring substituents is 1. The van der Waals surface area contributed by atoms with Crippen molar-refractivity contribution < 1.29 is 9.72 Å². The van der Waals surface area contributed by atoms with E-state index in [0.29, 0.717) is 20.7 Å². The zero-order valence-electron chi connectivity index (χ0n) is 12.8. The van der Waals surface area contributed by atoms with E-state index in [1.54, 1.807) is 6.08 Å². The van der Waals surface area contributed by atoms with Gasteiger partial charge in [-0.15, -0.1) is 0 Å². The molecule has 1 aliphatic heterocycles. The van der Waals surface area contributed by atoms with Gasteiger partial charge in [0.15, 0.2) is 5.17 Å². The Morgan fingerprint density at radius 3 is 2.79 bits per heavy atom. The molecule has 0 spiro atoms. The molecule has 1 aromatic carbocycles. The van der Waals surface area contributed by atoms with Crippen molar-refractivity contribution >= 4 is 46.2 Å². The summed E-state index contributed by atoms with van der Waals surface area (Å²) in [6, 6.07) is 4.42. The Hall–Kier alpha value is -1.86. The van der Waals surface area contributed by atoms with Gasteiger partial charge in [-0.25, -0.2) is 0 Å². The summed E-state index contributed by atoms with van der Waals surface area (Å²) in [7, 11) is 0. The van der Waals surface area contributed by atoms with Gasteiger partial charge in [-0.3, -0.25) is 19.9 Å². The molecule has 1 saturated carbocycles. The smallest absolute Gasteiger partial charge is 0.270 e. The van der Waals surface area contributed by atoms with Gasteiger partial charge >= 0.3 is 0 Å². The monoisotopic (exact) mass is 365 g/mol. The Kier molecular flexibility index (Phi) is 5.20.